The van der Waals surface area contributed by atoms with Gasteiger partial charge in [0, 0.05) is 24.0 Å². The predicted octanol–water partition coefficient (Wildman–Crippen LogP) is 5.05. The van der Waals surface area contributed by atoms with Crippen molar-refractivity contribution in [3.63, 3.8) is 0 Å². The van der Waals surface area contributed by atoms with Crippen molar-refractivity contribution in [2.45, 2.75) is 6.92 Å². The quantitative estimate of drug-likeness (QED) is 0.568. The molecule has 3 aromatic rings. The Morgan fingerprint density at radius 1 is 1.00 bits per heavy atom. The summed E-state index contributed by atoms with van der Waals surface area (Å²) < 4.78 is 6.35. The second-order valence-electron chi connectivity index (χ2n) is 6.55. The smallest absolute Gasteiger partial charge is 0.262 e. The number of anilines is 2. The number of carbonyl (C=O) groups is 2. The Bertz CT molecular complexity index is 1000. The fourth-order valence-corrected chi connectivity index (χ4v) is 3.33. The van der Waals surface area contributed by atoms with Crippen LogP contribution in [0.25, 0.3) is 0 Å². The summed E-state index contributed by atoms with van der Waals surface area (Å²) in [6.45, 7) is 1.87. The molecule has 6 heteroatoms. The van der Waals surface area contributed by atoms with Gasteiger partial charge >= 0.3 is 0 Å². The highest BCUT2D eigenvalue weighted by Gasteiger charge is 2.13. The number of carbonyl (C=O) groups excluding carboxylic acids is 2. The van der Waals surface area contributed by atoms with Gasteiger partial charge in [-0.25, -0.2) is 0 Å². The number of nitrogens with one attached hydrogen (secondary N) is 1. The molecule has 0 aliphatic heterocycles. The van der Waals surface area contributed by atoms with Crippen LogP contribution in [0.5, 0.6) is 5.75 Å². The number of hydrogen-bond donors (Lipinski definition) is 1. The van der Waals surface area contributed by atoms with Gasteiger partial charge in [0.15, 0.2) is 6.61 Å². The lowest BCUT2D eigenvalue weighted by Gasteiger charge is -2.17. The molecule has 0 fully saturated rings. The molecule has 5 nitrogen and oxygen atoms in total. The molecule has 148 valence electrons. The number of ether oxygens (including phenoxy) is 1. The summed E-state index contributed by atoms with van der Waals surface area (Å²) in [6, 6.07) is 21.9. The van der Waals surface area contributed by atoms with Crippen molar-refractivity contribution in [3.05, 3.63) is 88.4 Å². The van der Waals surface area contributed by atoms with Gasteiger partial charge < -0.3 is 15.0 Å². The highest BCUT2D eigenvalue weighted by Crippen LogP contribution is 2.25. The van der Waals surface area contributed by atoms with Crippen LogP contribution in [0.15, 0.2) is 77.3 Å². The topological polar surface area (TPSA) is 58.6 Å². The normalized spacial score (nSPS) is 10.3. The molecule has 0 aromatic heterocycles. The van der Waals surface area contributed by atoms with Gasteiger partial charge in [-0.15, -0.1) is 0 Å². The number of hydrogen-bond acceptors (Lipinski definition) is 3. The first kappa shape index (κ1) is 20.6. The molecule has 29 heavy (non-hydrogen) atoms. The Labute approximate surface area is 178 Å². The van der Waals surface area contributed by atoms with E-state index in [-0.39, 0.29) is 18.4 Å². The first-order valence-corrected chi connectivity index (χ1v) is 9.85. The molecule has 0 unspecified atom stereocenters. The van der Waals surface area contributed by atoms with E-state index < -0.39 is 0 Å². The van der Waals surface area contributed by atoms with Crippen molar-refractivity contribution in [1.82, 2.24) is 0 Å². The van der Waals surface area contributed by atoms with Crippen LogP contribution in [-0.2, 0) is 4.79 Å². The molecule has 1 N–H and O–H groups in total. The molecule has 0 saturated heterocycles. The maximum absolute atomic E-state index is 12.6. The van der Waals surface area contributed by atoms with Gasteiger partial charge in [-0.2, -0.15) is 0 Å². The van der Waals surface area contributed by atoms with Crippen LogP contribution in [-0.4, -0.2) is 25.5 Å². The van der Waals surface area contributed by atoms with Gasteiger partial charge in [0.05, 0.1) is 4.47 Å². The van der Waals surface area contributed by atoms with Gasteiger partial charge in [0.25, 0.3) is 11.8 Å². The van der Waals surface area contributed by atoms with E-state index in [0.717, 1.165) is 15.7 Å². The van der Waals surface area contributed by atoms with Crippen LogP contribution in [0.2, 0.25) is 0 Å². The van der Waals surface area contributed by atoms with Gasteiger partial charge in [0.2, 0.25) is 0 Å². The van der Waals surface area contributed by atoms with Crippen LogP contribution < -0.4 is 15.0 Å². The first-order valence-electron chi connectivity index (χ1n) is 9.06. The number of benzene rings is 3. The molecule has 0 saturated carbocycles. The van der Waals surface area contributed by atoms with Gasteiger partial charge in [0.1, 0.15) is 5.75 Å². The Morgan fingerprint density at radius 2 is 1.69 bits per heavy atom. The second kappa shape index (κ2) is 9.39. The van der Waals surface area contributed by atoms with Crippen LogP contribution in [0.4, 0.5) is 11.4 Å². The summed E-state index contributed by atoms with van der Waals surface area (Å²) in [5.41, 5.74) is 3.05. The third-order valence-electron chi connectivity index (χ3n) is 4.31. The van der Waals surface area contributed by atoms with Crippen molar-refractivity contribution in [1.29, 1.82) is 0 Å². The predicted molar refractivity (Wildman–Crippen MR) is 119 cm³/mol. The van der Waals surface area contributed by atoms with E-state index in [4.69, 9.17) is 4.74 Å². The first-order chi connectivity index (χ1) is 13.9. The maximum atomic E-state index is 12.6. The Hall–Kier alpha value is -3.12. The standard InChI is InChI=1S/C23H21BrN2O3/c1-16-8-13-21(20(24)14-16)29-15-22(27)25-18-11-9-17(10-12-18)23(28)26(2)19-6-4-3-5-7-19/h3-14H,15H2,1-2H3,(H,25,27). The summed E-state index contributed by atoms with van der Waals surface area (Å²) in [5, 5.41) is 2.77. The molecule has 0 atom stereocenters. The summed E-state index contributed by atoms with van der Waals surface area (Å²) in [7, 11) is 1.73. The molecular formula is C23H21BrN2O3. The fraction of sp³-hybridized carbons (Fsp3) is 0.130. The minimum Gasteiger partial charge on any atom is -0.483 e. The average molecular weight is 453 g/mol. The van der Waals surface area contributed by atoms with E-state index in [2.05, 4.69) is 21.2 Å². The number of para-hydroxylation sites is 1. The maximum Gasteiger partial charge on any atom is 0.262 e. The van der Waals surface area contributed by atoms with Crippen molar-refractivity contribution >= 4 is 39.1 Å². The van der Waals surface area contributed by atoms with Crippen molar-refractivity contribution in [3.8, 4) is 5.75 Å². The highest BCUT2D eigenvalue weighted by molar-refractivity contribution is 9.10. The van der Waals surface area contributed by atoms with Gasteiger partial charge in [-0.1, -0.05) is 24.3 Å². The van der Waals surface area contributed by atoms with Crippen molar-refractivity contribution in [2.75, 3.05) is 23.9 Å². The summed E-state index contributed by atoms with van der Waals surface area (Å²) in [6.07, 6.45) is 0. The Kier molecular flexibility index (Phi) is 6.67. The van der Waals surface area contributed by atoms with E-state index >= 15 is 0 Å². The van der Waals surface area contributed by atoms with Crippen molar-refractivity contribution in [2.24, 2.45) is 0 Å². The number of rotatable bonds is 6. The summed E-state index contributed by atoms with van der Waals surface area (Å²) in [5.74, 6) is 0.204. The number of amides is 2. The zero-order valence-electron chi connectivity index (χ0n) is 16.2. The lowest BCUT2D eigenvalue weighted by molar-refractivity contribution is -0.118. The molecule has 0 radical (unpaired) electrons. The number of nitrogens with zero attached hydrogens (tertiary/aromatic N) is 1. The fourth-order valence-electron chi connectivity index (χ4n) is 2.72. The molecule has 0 spiro atoms. The van der Waals surface area contributed by atoms with Gasteiger partial charge in [-0.05, 0) is 76.9 Å². The second-order valence-corrected chi connectivity index (χ2v) is 7.40. The van der Waals surface area contributed by atoms with Crippen LogP contribution in [0, 0.1) is 6.92 Å². The minimum absolute atomic E-state index is 0.112. The monoisotopic (exact) mass is 452 g/mol. The van der Waals surface area contributed by atoms with Crippen LogP contribution in [0.3, 0.4) is 0 Å². The average Bonchev–Trinajstić information content (AvgIpc) is 2.73. The van der Waals surface area contributed by atoms with E-state index in [0.29, 0.717) is 17.0 Å². The molecular weight excluding hydrogens is 432 g/mol. The zero-order valence-corrected chi connectivity index (χ0v) is 17.8. The summed E-state index contributed by atoms with van der Waals surface area (Å²) in [4.78, 5) is 26.3. The largest absolute Gasteiger partial charge is 0.483 e. The lowest BCUT2D eigenvalue weighted by Crippen LogP contribution is -2.26. The van der Waals surface area contributed by atoms with E-state index in [1.54, 1.807) is 36.2 Å². The SMILES string of the molecule is Cc1ccc(OCC(=O)Nc2ccc(C(=O)N(C)c3ccccc3)cc2)c(Br)c1. The van der Waals surface area contributed by atoms with E-state index in [9.17, 15) is 9.59 Å². The molecule has 3 aromatic carbocycles. The Balaban J connectivity index is 1.57. The molecule has 0 bridgehead atoms. The zero-order chi connectivity index (χ0) is 20.8. The van der Waals surface area contributed by atoms with E-state index in [1.807, 2.05) is 55.5 Å². The molecule has 0 aliphatic carbocycles. The van der Waals surface area contributed by atoms with Gasteiger partial charge in [-0.3, -0.25) is 9.59 Å². The molecule has 2 amide bonds. The number of aryl methyl sites for hydroxylation is 1. The van der Waals surface area contributed by atoms with Crippen LogP contribution in [0.1, 0.15) is 15.9 Å². The minimum atomic E-state index is -0.280. The van der Waals surface area contributed by atoms with Crippen molar-refractivity contribution < 1.29 is 14.3 Å². The third kappa shape index (κ3) is 5.45. The molecule has 3 rings (SSSR count). The third-order valence-corrected chi connectivity index (χ3v) is 4.93. The van der Waals surface area contributed by atoms with E-state index in [1.165, 1.54) is 0 Å². The summed E-state index contributed by atoms with van der Waals surface area (Å²) >= 11 is 3.42. The molecule has 0 heterocycles. The highest BCUT2D eigenvalue weighted by atomic mass is 79.9. The molecule has 0 aliphatic rings. The number of halogens is 1. The van der Waals surface area contributed by atoms with Crippen LogP contribution >= 0.6 is 15.9 Å². The Morgan fingerprint density at radius 3 is 2.34 bits per heavy atom. The lowest BCUT2D eigenvalue weighted by atomic mass is 10.1.